The second-order valence-electron chi connectivity index (χ2n) is 4.63. The van der Waals surface area contributed by atoms with E-state index >= 15 is 0 Å². The van der Waals surface area contributed by atoms with Crippen LogP contribution in [0.2, 0.25) is 0 Å². The molecule has 2 aromatic heterocycles. The molecule has 0 bridgehead atoms. The van der Waals surface area contributed by atoms with Crippen molar-refractivity contribution in [3.8, 4) is 5.82 Å². The van der Waals surface area contributed by atoms with Gasteiger partial charge in [-0.3, -0.25) is 4.57 Å². The molecule has 0 saturated heterocycles. The molecule has 6 heteroatoms. The average Bonchev–Trinajstić information content (AvgIpc) is 2.99. The number of nitrogens with zero attached hydrogens (tertiary/aromatic N) is 3. The lowest BCUT2D eigenvalue weighted by molar-refractivity contribution is 0.237. The minimum atomic E-state index is -0.155. The quantitative estimate of drug-likeness (QED) is 0.873. The number of amides is 2. The summed E-state index contributed by atoms with van der Waals surface area (Å²) in [6.45, 7) is 4.46. The fraction of sp³-hybridized carbons (Fsp3) is 0.357. The number of imidazole rings is 1. The average molecular weight is 273 g/mol. The highest BCUT2D eigenvalue weighted by molar-refractivity contribution is 5.74. The SMILES string of the molecule is CCC(C)NC(=O)NCc1ccc(-n2ccnc2)nc1. The van der Waals surface area contributed by atoms with Crippen LogP contribution in [0.25, 0.3) is 5.82 Å². The largest absolute Gasteiger partial charge is 0.336 e. The van der Waals surface area contributed by atoms with Gasteiger partial charge in [-0.1, -0.05) is 13.0 Å². The first kappa shape index (κ1) is 14.0. The van der Waals surface area contributed by atoms with Gasteiger partial charge < -0.3 is 10.6 Å². The summed E-state index contributed by atoms with van der Waals surface area (Å²) in [5.74, 6) is 0.801. The summed E-state index contributed by atoms with van der Waals surface area (Å²) in [6.07, 6.45) is 7.89. The number of pyridine rings is 1. The Balaban J connectivity index is 1.87. The monoisotopic (exact) mass is 273 g/mol. The topological polar surface area (TPSA) is 71.8 Å². The van der Waals surface area contributed by atoms with Gasteiger partial charge in [-0.2, -0.15) is 0 Å². The van der Waals surface area contributed by atoms with Crippen molar-refractivity contribution in [2.75, 3.05) is 0 Å². The molecule has 0 aromatic carbocycles. The fourth-order valence-corrected chi connectivity index (χ4v) is 1.63. The third kappa shape index (κ3) is 3.81. The van der Waals surface area contributed by atoms with Gasteiger partial charge in [0.2, 0.25) is 0 Å². The lowest BCUT2D eigenvalue weighted by Crippen LogP contribution is -2.40. The molecular formula is C14H19N5O. The zero-order chi connectivity index (χ0) is 14.4. The van der Waals surface area contributed by atoms with Gasteiger partial charge in [0, 0.05) is 31.2 Å². The molecule has 0 radical (unpaired) electrons. The molecular weight excluding hydrogens is 254 g/mol. The number of hydrogen-bond acceptors (Lipinski definition) is 3. The molecule has 2 N–H and O–H groups in total. The maximum atomic E-state index is 11.6. The minimum Gasteiger partial charge on any atom is -0.336 e. The van der Waals surface area contributed by atoms with Crippen molar-refractivity contribution in [3.05, 3.63) is 42.6 Å². The zero-order valence-electron chi connectivity index (χ0n) is 11.7. The second kappa shape index (κ2) is 6.70. The van der Waals surface area contributed by atoms with Crippen LogP contribution < -0.4 is 10.6 Å². The van der Waals surface area contributed by atoms with Crippen LogP contribution >= 0.6 is 0 Å². The lowest BCUT2D eigenvalue weighted by Gasteiger charge is -2.12. The summed E-state index contributed by atoms with van der Waals surface area (Å²) < 4.78 is 1.83. The minimum absolute atomic E-state index is 0.155. The Labute approximate surface area is 118 Å². The standard InChI is InChI=1S/C14H19N5O/c1-3-11(2)18-14(20)17-9-12-4-5-13(16-8-12)19-7-6-15-10-19/h4-8,10-11H,3,9H2,1-2H3,(H2,17,18,20). The van der Waals surface area contributed by atoms with E-state index in [-0.39, 0.29) is 12.1 Å². The Morgan fingerprint density at radius 2 is 2.30 bits per heavy atom. The summed E-state index contributed by atoms with van der Waals surface area (Å²) in [4.78, 5) is 19.9. The number of carbonyl (C=O) groups excluding carboxylic acids is 1. The molecule has 0 aliphatic rings. The zero-order valence-corrected chi connectivity index (χ0v) is 11.7. The van der Waals surface area contributed by atoms with E-state index in [2.05, 4.69) is 20.6 Å². The Bertz CT molecular complexity index is 535. The Morgan fingerprint density at radius 1 is 1.45 bits per heavy atom. The van der Waals surface area contributed by atoms with Gasteiger partial charge in [0.1, 0.15) is 12.1 Å². The molecule has 2 aromatic rings. The van der Waals surface area contributed by atoms with Crippen molar-refractivity contribution in [2.45, 2.75) is 32.9 Å². The van der Waals surface area contributed by atoms with Crippen molar-refractivity contribution >= 4 is 6.03 Å². The molecule has 1 atom stereocenters. The van der Waals surface area contributed by atoms with E-state index in [1.807, 2.05) is 36.7 Å². The van der Waals surface area contributed by atoms with Crippen LogP contribution in [0.1, 0.15) is 25.8 Å². The molecule has 0 fully saturated rings. The van der Waals surface area contributed by atoms with Gasteiger partial charge in [0.05, 0.1) is 0 Å². The summed E-state index contributed by atoms with van der Waals surface area (Å²) in [5.41, 5.74) is 0.952. The number of urea groups is 1. The highest BCUT2D eigenvalue weighted by Crippen LogP contribution is 2.05. The van der Waals surface area contributed by atoms with Crippen molar-refractivity contribution in [1.82, 2.24) is 25.2 Å². The fourth-order valence-electron chi connectivity index (χ4n) is 1.63. The third-order valence-electron chi connectivity index (χ3n) is 3.02. The van der Waals surface area contributed by atoms with Crippen molar-refractivity contribution < 1.29 is 4.79 Å². The number of nitrogens with one attached hydrogen (secondary N) is 2. The molecule has 106 valence electrons. The van der Waals surface area contributed by atoms with E-state index in [0.29, 0.717) is 6.54 Å². The Kier molecular flexibility index (Phi) is 4.70. The highest BCUT2D eigenvalue weighted by Gasteiger charge is 2.04. The third-order valence-corrected chi connectivity index (χ3v) is 3.02. The maximum Gasteiger partial charge on any atom is 0.315 e. The molecule has 0 spiro atoms. The van der Waals surface area contributed by atoms with Crippen molar-refractivity contribution in [1.29, 1.82) is 0 Å². The second-order valence-corrected chi connectivity index (χ2v) is 4.63. The molecule has 0 aliphatic carbocycles. The van der Waals surface area contributed by atoms with Crippen LogP contribution in [0.3, 0.4) is 0 Å². The van der Waals surface area contributed by atoms with Crippen LogP contribution in [0, 0.1) is 0 Å². The molecule has 0 aliphatic heterocycles. The van der Waals surface area contributed by atoms with E-state index in [4.69, 9.17) is 0 Å². The summed E-state index contributed by atoms with van der Waals surface area (Å²) in [6, 6.07) is 3.85. The number of carbonyl (C=O) groups is 1. The summed E-state index contributed by atoms with van der Waals surface area (Å²) in [5, 5.41) is 5.66. The lowest BCUT2D eigenvalue weighted by atomic mass is 10.2. The van der Waals surface area contributed by atoms with Gasteiger partial charge in [-0.15, -0.1) is 0 Å². The summed E-state index contributed by atoms with van der Waals surface area (Å²) in [7, 11) is 0. The van der Waals surface area contributed by atoms with Crippen LogP contribution in [-0.2, 0) is 6.54 Å². The smallest absolute Gasteiger partial charge is 0.315 e. The normalized spacial score (nSPS) is 11.9. The number of rotatable bonds is 5. The molecule has 0 saturated carbocycles. The first-order valence-electron chi connectivity index (χ1n) is 6.66. The van der Waals surface area contributed by atoms with Crippen LogP contribution in [0.4, 0.5) is 4.79 Å². The molecule has 1 unspecified atom stereocenters. The Morgan fingerprint density at radius 3 is 2.90 bits per heavy atom. The van der Waals surface area contributed by atoms with Gasteiger partial charge in [-0.25, -0.2) is 14.8 Å². The van der Waals surface area contributed by atoms with Crippen molar-refractivity contribution in [3.63, 3.8) is 0 Å². The molecule has 20 heavy (non-hydrogen) atoms. The Hall–Kier alpha value is -2.37. The van der Waals surface area contributed by atoms with E-state index in [1.165, 1.54) is 0 Å². The molecule has 2 rings (SSSR count). The number of hydrogen-bond donors (Lipinski definition) is 2. The van der Waals surface area contributed by atoms with Crippen LogP contribution in [0.5, 0.6) is 0 Å². The number of aromatic nitrogens is 3. The van der Waals surface area contributed by atoms with Gasteiger partial charge in [0.25, 0.3) is 0 Å². The maximum absolute atomic E-state index is 11.6. The van der Waals surface area contributed by atoms with Gasteiger partial charge in [-0.05, 0) is 25.0 Å². The predicted molar refractivity (Wildman–Crippen MR) is 76.5 cm³/mol. The first-order valence-corrected chi connectivity index (χ1v) is 6.66. The predicted octanol–water partition coefficient (Wildman–Crippen LogP) is 1.86. The van der Waals surface area contributed by atoms with E-state index in [0.717, 1.165) is 17.8 Å². The summed E-state index contributed by atoms with van der Waals surface area (Å²) >= 11 is 0. The molecule has 2 amide bonds. The van der Waals surface area contributed by atoms with Crippen LogP contribution in [-0.4, -0.2) is 26.6 Å². The van der Waals surface area contributed by atoms with E-state index in [9.17, 15) is 4.79 Å². The molecule has 2 heterocycles. The molecule has 6 nitrogen and oxygen atoms in total. The van der Waals surface area contributed by atoms with Crippen molar-refractivity contribution in [2.24, 2.45) is 0 Å². The van der Waals surface area contributed by atoms with Gasteiger partial charge in [0.15, 0.2) is 0 Å². The van der Waals surface area contributed by atoms with Gasteiger partial charge >= 0.3 is 6.03 Å². The van der Waals surface area contributed by atoms with Crippen LogP contribution in [0.15, 0.2) is 37.1 Å². The van der Waals surface area contributed by atoms with E-state index < -0.39 is 0 Å². The first-order chi connectivity index (χ1) is 9.69. The highest BCUT2D eigenvalue weighted by atomic mass is 16.2. The van der Waals surface area contributed by atoms with E-state index in [1.54, 1.807) is 18.7 Å².